The fourth-order valence-corrected chi connectivity index (χ4v) is 20.0. The third-order valence-corrected chi connectivity index (χ3v) is 25.9. The van der Waals surface area contributed by atoms with Crippen LogP contribution in [0, 0.1) is 71.0 Å². The number of ketones is 2. The van der Waals surface area contributed by atoms with Gasteiger partial charge in [0.1, 0.15) is 0 Å². The third kappa shape index (κ3) is 19.5. The average molecular weight is 1450 g/mol. The lowest BCUT2D eigenvalue weighted by Gasteiger charge is -2.36. The molecule has 2 bridgehead atoms. The Hall–Kier alpha value is -6.52. The monoisotopic (exact) mass is 1450 g/mol. The molecule has 13 rings (SSSR count). The molecule has 3 aromatic rings. The van der Waals surface area contributed by atoms with Crippen LogP contribution in [0.4, 0.5) is 0 Å². The maximum absolute atomic E-state index is 14.4. The molecule has 578 valence electrons. The van der Waals surface area contributed by atoms with Gasteiger partial charge in [0.15, 0.2) is 11.6 Å². The van der Waals surface area contributed by atoms with Crippen molar-refractivity contribution in [3.63, 3.8) is 0 Å². The molecule has 12 unspecified atom stereocenters. The van der Waals surface area contributed by atoms with Crippen LogP contribution in [-0.4, -0.2) is 90.0 Å². The number of hydrogen-bond acceptors (Lipinski definition) is 12. The van der Waals surface area contributed by atoms with Crippen molar-refractivity contribution in [2.75, 3.05) is 13.1 Å². The fraction of sp³-hybridized carbons (Fsp3) is 0.727. The van der Waals surface area contributed by atoms with Crippen LogP contribution >= 0.6 is 0 Å². The first-order chi connectivity index (χ1) is 50.8. The number of Topliss-reactive ketones (excluding diaryl/α,β-unsaturated/α-hetero) is 2. The number of carbonyl (C=O) groups excluding carboxylic acids is 8. The third-order valence-electron chi connectivity index (χ3n) is 25.9. The van der Waals surface area contributed by atoms with E-state index in [-0.39, 0.29) is 161 Å². The molecule has 12 atom stereocenters. The molecule has 105 heavy (non-hydrogen) atoms. The van der Waals surface area contributed by atoms with Gasteiger partial charge in [0.2, 0.25) is 11.8 Å². The van der Waals surface area contributed by atoms with E-state index in [4.69, 9.17) is 0 Å². The number of imide groups is 3. The van der Waals surface area contributed by atoms with Gasteiger partial charge in [0, 0.05) is 67.7 Å². The van der Waals surface area contributed by atoms with E-state index < -0.39 is 40.0 Å². The van der Waals surface area contributed by atoms with Gasteiger partial charge in [-0.3, -0.25) is 81.4 Å². The Morgan fingerprint density at radius 2 is 0.667 bits per heavy atom. The van der Waals surface area contributed by atoms with Crippen molar-refractivity contribution >= 4 is 68.6 Å². The summed E-state index contributed by atoms with van der Waals surface area (Å²) in [5.41, 5.74) is -1.31. The van der Waals surface area contributed by atoms with E-state index in [0.29, 0.717) is 36.3 Å². The Morgan fingerprint density at radius 1 is 0.343 bits per heavy atom. The molecule has 1 aromatic carbocycles. The lowest BCUT2D eigenvalue weighted by molar-refractivity contribution is -0.145. The predicted molar refractivity (Wildman–Crippen MR) is 417 cm³/mol. The van der Waals surface area contributed by atoms with E-state index >= 15 is 0 Å². The fourth-order valence-electron chi connectivity index (χ4n) is 20.0. The van der Waals surface area contributed by atoms with Gasteiger partial charge in [-0.25, -0.2) is 0 Å². The van der Waals surface area contributed by atoms with Crippen LogP contribution in [0.25, 0.3) is 21.5 Å². The lowest BCUT2D eigenvalue weighted by Crippen LogP contribution is -2.46. The first-order valence-electron chi connectivity index (χ1n) is 42.5. The second-order valence-electron chi connectivity index (χ2n) is 33.2. The molecule has 0 N–H and O–H groups in total. The van der Waals surface area contributed by atoms with Crippen molar-refractivity contribution in [1.82, 2.24) is 23.8 Å². The molecule has 5 heterocycles. The van der Waals surface area contributed by atoms with E-state index in [1.807, 2.05) is 0 Å². The number of nitrogens with zero attached hydrogens (tertiary/aromatic N) is 5. The van der Waals surface area contributed by atoms with Crippen molar-refractivity contribution in [3.8, 4) is 0 Å². The van der Waals surface area contributed by atoms with Gasteiger partial charge in [-0.2, -0.15) is 0 Å². The molecule has 6 amide bonds. The van der Waals surface area contributed by atoms with Crippen LogP contribution in [0.1, 0.15) is 306 Å². The van der Waals surface area contributed by atoms with Gasteiger partial charge in [0.25, 0.3) is 45.9 Å². The summed E-state index contributed by atoms with van der Waals surface area (Å²) in [6.45, 7) is 18.8. The molecule has 0 spiro atoms. The quantitative estimate of drug-likeness (QED) is 0.0333. The summed E-state index contributed by atoms with van der Waals surface area (Å²) >= 11 is 0. The zero-order valence-corrected chi connectivity index (χ0v) is 65.5. The number of fused-ring (bicyclic) bond motifs is 8. The SMILES string of the molecule is CCCCCCC.CCCCCCC.CCCCCCCCC.CCCCCCCCC.O=C1C2=C(CC3C(=O)N(C4CC5CC4C4CC(Cn6c(=O)c7cc8c(=O)n(CC9CCCCC9CN9C(=O)C=CC9=O)c(=O)c8cc7c6=O)CC54)C(=O)C3C2)C(=O)C1CC1CCCCC1CN1C(=O)C=CC1=O. The minimum Gasteiger partial charge on any atom is -0.294 e. The van der Waals surface area contributed by atoms with E-state index in [1.165, 1.54) is 214 Å². The number of benzene rings is 1. The van der Waals surface area contributed by atoms with Gasteiger partial charge >= 0.3 is 0 Å². The Labute approximate surface area is 625 Å². The number of aromatic nitrogens is 2. The van der Waals surface area contributed by atoms with Crippen molar-refractivity contribution in [3.05, 3.63) is 89.0 Å². The number of rotatable bonds is 31. The Kier molecular flexibility index (Phi) is 31.5. The van der Waals surface area contributed by atoms with E-state index in [2.05, 4.69) is 55.4 Å². The summed E-state index contributed by atoms with van der Waals surface area (Å²) in [5.74, 6) is -4.23. The Balaban J connectivity index is 0.000000333. The highest BCUT2D eigenvalue weighted by Gasteiger charge is 2.63. The summed E-state index contributed by atoms with van der Waals surface area (Å²) in [5, 5.41) is 0.338. The number of carbonyl (C=O) groups is 8. The zero-order chi connectivity index (χ0) is 75.4. The first kappa shape index (κ1) is 82.5. The molecular formula is C88H129N5O12. The predicted octanol–water partition coefficient (Wildman–Crippen LogP) is 16.7. The molecule has 5 saturated carbocycles. The highest BCUT2D eigenvalue weighted by molar-refractivity contribution is 6.25. The van der Waals surface area contributed by atoms with Crippen molar-refractivity contribution in [2.24, 2.45) is 71.0 Å². The maximum atomic E-state index is 14.4. The maximum Gasteiger partial charge on any atom is 0.261 e. The first-order valence-corrected chi connectivity index (χ1v) is 42.5. The Bertz CT molecular complexity index is 3620. The molecule has 0 radical (unpaired) electrons. The largest absolute Gasteiger partial charge is 0.294 e. The van der Waals surface area contributed by atoms with Gasteiger partial charge < -0.3 is 0 Å². The Morgan fingerprint density at radius 3 is 1.05 bits per heavy atom. The zero-order valence-electron chi connectivity index (χ0n) is 65.5. The molecule has 17 heteroatoms. The number of allylic oxidation sites excluding steroid dienone is 2. The summed E-state index contributed by atoms with van der Waals surface area (Å²) in [7, 11) is 0. The number of unbranched alkanes of at least 4 members (excludes halogenated alkanes) is 20. The standard InChI is InChI=1S/C56H57N5O12.2C9H20.2C7H16/c62-45-9-10-46(63)57(45)23-28-6-2-1-5-27(28)15-43-49(66)35-18-41-42(19-36(35)50(43)67)56(73)61(55(41)72)44-17-31-16-34(44)33-14-26(13-32(31)33)22-59-51(68)37-20-39-40(21-38(37)52(59)69)54(71)60(53(39)70)25-30-8-4-3-7-29(30)24-58-47(64)11-12-48(58)65;2*1-3-5-7-9-8-6-4-2;2*1-3-5-7-6-4-2/h9-12,20-21,26-34,41-44H,1-8,13-19,22-25H2;2*3-9H2,1-2H3;2*3-7H2,1-2H3. The van der Waals surface area contributed by atoms with Crippen LogP contribution in [-0.2, 0) is 51.4 Å². The summed E-state index contributed by atoms with van der Waals surface area (Å²) < 4.78 is 2.42. The smallest absolute Gasteiger partial charge is 0.261 e. The van der Waals surface area contributed by atoms with Gasteiger partial charge in [-0.15, -0.1) is 0 Å². The molecule has 6 fully saturated rings. The van der Waals surface area contributed by atoms with E-state index in [9.17, 15) is 57.5 Å². The van der Waals surface area contributed by atoms with E-state index in [1.54, 1.807) is 0 Å². The molecule has 3 aliphatic heterocycles. The minimum atomic E-state index is -0.878. The van der Waals surface area contributed by atoms with Crippen LogP contribution in [0.5, 0.6) is 0 Å². The second kappa shape index (κ2) is 40.1. The van der Waals surface area contributed by atoms with Crippen molar-refractivity contribution in [1.29, 1.82) is 0 Å². The highest BCUT2D eigenvalue weighted by atomic mass is 16.2. The minimum absolute atomic E-state index is 0.0203. The average Bonchev–Trinajstić information content (AvgIpc) is 1.57. The normalized spacial score (nSPS) is 27.3. The van der Waals surface area contributed by atoms with Gasteiger partial charge in [0.05, 0.1) is 39.3 Å². The number of likely N-dealkylation sites (tertiary alicyclic amines) is 1. The summed E-state index contributed by atoms with van der Waals surface area (Å²) in [6.07, 6.45) is 49.2. The van der Waals surface area contributed by atoms with Crippen molar-refractivity contribution < 1.29 is 38.4 Å². The molecular weight excluding hydrogens is 1320 g/mol. The van der Waals surface area contributed by atoms with E-state index in [0.717, 1.165) is 64.2 Å². The molecule has 17 nitrogen and oxygen atoms in total. The molecule has 7 aliphatic carbocycles. The molecule has 10 aliphatic rings. The highest BCUT2D eigenvalue weighted by Crippen LogP contribution is 2.62. The molecule has 2 aromatic heterocycles. The van der Waals surface area contributed by atoms with Crippen LogP contribution in [0.3, 0.4) is 0 Å². The van der Waals surface area contributed by atoms with Gasteiger partial charge in [-0.1, -0.05) is 242 Å². The lowest BCUT2D eigenvalue weighted by atomic mass is 9.73. The second-order valence-corrected chi connectivity index (χ2v) is 33.2. The number of hydrogen-bond donors (Lipinski definition) is 0. The summed E-state index contributed by atoms with van der Waals surface area (Å²) in [4.78, 5) is 166. The molecule has 1 saturated heterocycles. The topological polar surface area (TPSA) is 224 Å². The van der Waals surface area contributed by atoms with Crippen LogP contribution in [0.2, 0.25) is 0 Å². The van der Waals surface area contributed by atoms with Crippen molar-refractivity contribution in [2.45, 2.75) is 325 Å². The summed E-state index contributed by atoms with van der Waals surface area (Å²) in [6, 6.07) is 2.48. The number of amides is 6. The van der Waals surface area contributed by atoms with Gasteiger partial charge in [-0.05, 0) is 130 Å². The van der Waals surface area contributed by atoms with Crippen LogP contribution < -0.4 is 22.2 Å². The van der Waals surface area contributed by atoms with Crippen LogP contribution in [0.15, 0.2) is 66.8 Å².